The van der Waals surface area contributed by atoms with Crippen molar-refractivity contribution >= 4 is 6.09 Å². The Kier molecular flexibility index (Phi) is 3.50. The predicted molar refractivity (Wildman–Crippen MR) is 47.9 cm³/mol. The maximum Gasteiger partial charge on any atom is 0.404 e. The van der Waals surface area contributed by atoms with Crippen LogP contribution in [0.5, 0.6) is 0 Å². The van der Waals surface area contributed by atoms with Crippen LogP contribution in [-0.2, 0) is 4.74 Å². The van der Waals surface area contributed by atoms with Crippen molar-refractivity contribution in [2.45, 2.75) is 18.6 Å². The Balaban J connectivity index is 2.47. The molecule has 0 spiro atoms. The smallest absolute Gasteiger partial charge is 0.404 e. The van der Waals surface area contributed by atoms with E-state index in [-0.39, 0.29) is 12.1 Å². The molecular weight excluding hydrogens is 172 g/mol. The molecule has 0 saturated carbocycles. The van der Waals surface area contributed by atoms with Crippen molar-refractivity contribution < 1.29 is 14.6 Å². The van der Waals surface area contributed by atoms with Gasteiger partial charge in [0.2, 0.25) is 0 Å². The summed E-state index contributed by atoms with van der Waals surface area (Å²) in [5.41, 5.74) is 0. The number of likely N-dealkylation sites (N-methyl/N-ethyl adjacent to an activating group) is 1. The molecule has 1 amide bonds. The first kappa shape index (κ1) is 10.3. The van der Waals surface area contributed by atoms with Crippen LogP contribution in [0, 0.1) is 0 Å². The number of nitrogens with one attached hydrogen (secondary N) is 1. The molecule has 5 heteroatoms. The third-order valence-electron chi connectivity index (χ3n) is 2.37. The highest BCUT2D eigenvalue weighted by Gasteiger charge is 2.28. The number of ether oxygens (including phenoxy) is 1. The van der Waals surface area contributed by atoms with Gasteiger partial charge in [-0.25, -0.2) is 4.79 Å². The third-order valence-corrected chi connectivity index (χ3v) is 2.37. The van der Waals surface area contributed by atoms with Gasteiger partial charge in [0.25, 0.3) is 0 Å². The van der Waals surface area contributed by atoms with Gasteiger partial charge in [0, 0.05) is 13.7 Å². The molecule has 1 rings (SSSR count). The van der Waals surface area contributed by atoms with Crippen molar-refractivity contribution in [1.29, 1.82) is 0 Å². The Morgan fingerprint density at radius 1 is 1.69 bits per heavy atom. The number of nitrogens with zero attached hydrogens (tertiary/aromatic N) is 1. The van der Waals surface area contributed by atoms with E-state index in [9.17, 15) is 4.79 Å². The lowest BCUT2D eigenvalue weighted by Crippen LogP contribution is -2.53. The zero-order valence-corrected chi connectivity index (χ0v) is 7.99. The second-order valence-corrected chi connectivity index (χ2v) is 3.38. The number of hydrogen-bond donors (Lipinski definition) is 2. The summed E-state index contributed by atoms with van der Waals surface area (Å²) in [5.74, 6) is 0. The summed E-state index contributed by atoms with van der Waals surface area (Å²) in [6, 6.07) is -0.0706. The highest BCUT2D eigenvalue weighted by molar-refractivity contribution is 5.64. The van der Waals surface area contributed by atoms with Crippen LogP contribution in [0.25, 0.3) is 0 Å². The van der Waals surface area contributed by atoms with E-state index in [1.807, 2.05) is 7.05 Å². The molecule has 13 heavy (non-hydrogen) atoms. The summed E-state index contributed by atoms with van der Waals surface area (Å²) in [4.78, 5) is 12.6. The topological polar surface area (TPSA) is 61.8 Å². The summed E-state index contributed by atoms with van der Waals surface area (Å²) >= 11 is 0. The van der Waals surface area contributed by atoms with Gasteiger partial charge in [-0.15, -0.1) is 0 Å². The molecule has 0 radical (unpaired) electrons. The first-order chi connectivity index (χ1) is 6.13. The zero-order chi connectivity index (χ0) is 9.84. The lowest BCUT2D eigenvalue weighted by Gasteiger charge is -2.35. The molecule has 1 fully saturated rings. The Morgan fingerprint density at radius 2 is 2.38 bits per heavy atom. The summed E-state index contributed by atoms with van der Waals surface area (Å²) in [6.45, 7) is 1.69. The molecule has 76 valence electrons. The van der Waals surface area contributed by atoms with E-state index in [0.29, 0.717) is 0 Å². The molecule has 1 saturated heterocycles. The van der Waals surface area contributed by atoms with Crippen molar-refractivity contribution in [3.05, 3.63) is 0 Å². The summed E-state index contributed by atoms with van der Waals surface area (Å²) in [7, 11) is 3.61. The number of carboxylic acid groups (broad SMARTS) is 1. The van der Waals surface area contributed by atoms with Crippen LogP contribution >= 0.6 is 0 Å². The van der Waals surface area contributed by atoms with Gasteiger partial charge >= 0.3 is 6.09 Å². The molecule has 2 atom stereocenters. The number of rotatable bonds is 2. The minimum atomic E-state index is -0.975. The Labute approximate surface area is 77.7 Å². The van der Waals surface area contributed by atoms with Crippen molar-refractivity contribution in [2.75, 3.05) is 27.2 Å². The van der Waals surface area contributed by atoms with E-state index in [1.54, 1.807) is 7.11 Å². The number of likely N-dealkylation sites (tertiary alicyclic amines) is 1. The highest BCUT2D eigenvalue weighted by Crippen LogP contribution is 2.11. The van der Waals surface area contributed by atoms with Crippen LogP contribution in [0.2, 0.25) is 0 Å². The molecule has 1 aliphatic heterocycles. The first-order valence-corrected chi connectivity index (χ1v) is 4.34. The van der Waals surface area contributed by atoms with Gasteiger partial charge in [-0.2, -0.15) is 0 Å². The third kappa shape index (κ3) is 2.86. The normalized spacial score (nSPS) is 30.0. The van der Waals surface area contributed by atoms with E-state index >= 15 is 0 Å². The van der Waals surface area contributed by atoms with Crippen LogP contribution in [0.4, 0.5) is 4.79 Å². The van der Waals surface area contributed by atoms with Crippen LogP contribution in [0.1, 0.15) is 6.42 Å². The number of piperidine rings is 1. The molecule has 0 aliphatic carbocycles. The standard InChI is InChI=1S/C8H16N2O3/c1-10-4-3-6(9-8(11)12)7(5-10)13-2/h6-7,9H,3-5H2,1-2H3,(H,11,12)/t6-,7+/m1/s1. The lowest BCUT2D eigenvalue weighted by molar-refractivity contribution is 0.0151. The molecule has 0 unspecified atom stereocenters. The van der Waals surface area contributed by atoms with Crippen LogP contribution < -0.4 is 5.32 Å². The fourth-order valence-electron chi connectivity index (χ4n) is 1.63. The lowest BCUT2D eigenvalue weighted by atomic mass is 10.0. The van der Waals surface area contributed by atoms with E-state index < -0.39 is 6.09 Å². The van der Waals surface area contributed by atoms with Crippen molar-refractivity contribution in [3.8, 4) is 0 Å². The zero-order valence-electron chi connectivity index (χ0n) is 7.99. The SMILES string of the molecule is CO[C@H]1CN(C)CC[C@H]1NC(=O)O. The molecule has 1 aliphatic rings. The first-order valence-electron chi connectivity index (χ1n) is 4.34. The van der Waals surface area contributed by atoms with Gasteiger partial charge in [0.05, 0.1) is 12.1 Å². The van der Waals surface area contributed by atoms with Gasteiger partial charge in [-0.05, 0) is 20.0 Å². The number of hydrogen-bond acceptors (Lipinski definition) is 3. The molecule has 2 N–H and O–H groups in total. The van der Waals surface area contributed by atoms with E-state index in [0.717, 1.165) is 19.5 Å². The van der Waals surface area contributed by atoms with Crippen molar-refractivity contribution in [3.63, 3.8) is 0 Å². The van der Waals surface area contributed by atoms with Gasteiger partial charge in [0.15, 0.2) is 0 Å². The highest BCUT2D eigenvalue weighted by atomic mass is 16.5. The Hall–Kier alpha value is -0.810. The Morgan fingerprint density at radius 3 is 2.92 bits per heavy atom. The van der Waals surface area contributed by atoms with Crippen LogP contribution in [0.15, 0.2) is 0 Å². The second-order valence-electron chi connectivity index (χ2n) is 3.38. The fourth-order valence-corrected chi connectivity index (χ4v) is 1.63. The van der Waals surface area contributed by atoms with Gasteiger partial charge in [0.1, 0.15) is 0 Å². The fraction of sp³-hybridized carbons (Fsp3) is 0.875. The average Bonchev–Trinajstić information content (AvgIpc) is 2.07. The summed E-state index contributed by atoms with van der Waals surface area (Å²) < 4.78 is 5.21. The minimum Gasteiger partial charge on any atom is -0.465 e. The monoisotopic (exact) mass is 188 g/mol. The average molecular weight is 188 g/mol. The van der Waals surface area contributed by atoms with Gasteiger partial charge in [-0.1, -0.05) is 0 Å². The molecular formula is C8H16N2O3. The summed E-state index contributed by atoms with van der Waals surface area (Å²) in [5, 5.41) is 11.0. The molecule has 1 heterocycles. The molecule has 5 nitrogen and oxygen atoms in total. The minimum absolute atomic E-state index is 0.0325. The number of carbonyl (C=O) groups is 1. The van der Waals surface area contributed by atoms with Crippen molar-refractivity contribution in [2.24, 2.45) is 0 Å². The predicted octanol–water partition coefficient (Wildman–Crippen LogP) is -0.0269. The van der Waals surface area contributed by atoms with Gasteiger partial charge < -0.3 is 20.1 Å². The quantitative estimate of drug-likeness (QED) is 0.639. The number of methoxy groups -OCH3 is 1. The Bertz CT molecular complexity index is 186. The van der Waals surface area contributed by atoms with E-state index in [4.69, 9.17) is 9.84 Å². The number of amides is 1. The maximum absolute atomic E-state index is 10.4. The van der Waals surface area contributed by atoms with Crippen LogP contribution in [0.3, 0.4) is 0 Å². The molecule has 0 aromatic carbocycles. The van der Waals surface area contributed by atoms with E-state index in [2.05, 4.69) is 10.2 Å². The van der Waals surface area contributed by atoms with Crippen LogP contribution in [-0.4, -0.2) is 55.5 Å². The largest absolute Gasteiger partial charge is 0.465 e. The van der Waals surface area contributed by atoms with E-state index in [1.165, 1.54) is 0 Å². The molecule has 0 bridgehead atoms. The van der Waals surface area contributed by atoms with Gasteiger partial charge in [-0.3, -0.25) is 0 Å². The molecule has 0 aromatic heterocycles. The molecule has 0 aromatic rings. The van der Waals surface area contributed by atoms with Crippen molar-refractivity contribution in [1.82, 2.24) is 10.2 Å². The second kappa shape index (κ2) is 4.43. The maximum atomic E-state index is 10.4. The summed E-state index contributed by atoms with van der Waals surface area (Å²) in [6.07, 6.45) is -0.201.